The zero-order chi connectivity index (χ0) is 6.69. The maximum absolute atomic E-state index is 9.03. The Morgan fingerprint density at radius 3 is 3.00 bits per heavy atom. The van der Waals surface area contributed by atoms with E-state index < -0.39 is 6.10 Å². The average Bonchev–Trinajstić information content (AvgIpc) is 2.18. The lowest BCUT2D eigenvalue weighted by Gasteiger charge is -2.11. The zero-order valence-corrected chi connectivity index (χ0v) is 5.28. The van der Waals surface area contributed by atoms with Crippen molar-refractivity contribution >= 4 is 0 Å². The topological polar surface area (TPSA) is 38.7 Å². The summed E-state index contributed by atoms with van der Waals surface area (Å²) in [7, 11) is 1.58. The van der Waals surface area contributed by atoms with Crippen molar-refractivity contribution in [2.75, 3.05) is 13.7 Å². The summed E-state index contributed by atoms with van der Waals surface area (Å²) in [6, 6.07) is 0. The van der Waals surface area contributed by atoms with Crippen LogP contribution in [-0.2, 0) is 9.47 Å². The van der Waals surface area contributed by atoms with Gasteiger partial charge in [-0.2, -0.15) is 0 Å². The van der Waals surface area contributed by atoms with Crippen LogP contribution in [0.1, 0.15) is 0 Å². The van der Waals surface area contributed by atoms with Crippen molar-refractivity contribution in [1.29, 1.82) is 0 Å². The molecule has 1 aliphatic rings. The van der Waals surface area contributed by atoms with Crippen molar-refractivity contribution in [1.82, 2.24) is 0 Å². The summed E-state index contributed by atoms with van der Waals surface area (Å²) < 4.78 is 9.72. The second kappa shape index (κ2) is 2.85. The quantitative estimate of drug-likeness (QED) is 0.567. The normalized spacial score (nSPS) is 32.7. The second-order valence-corrected chi connectivity index (χ2v) is 1.95. The Labute approximate surface area is 53.9 Å². The van der Waals surface area contributed by atoms with Gasteiger partial charge in [0.05, 0.1) is 12.9 Å². The number of hydrogen-bond acceptors (Lipinski definition) is 3. The van der Waals surface area contributed by atoms with E-state index in [-0.39, 0.29) is 6.10 Å². The number of ether oxygens (including phenoxy) is 2. The molecule has 0 bridgehead atoms. The predicted octanol–water partition coefficient (Wildman–Crippen LogP) is -0.0938. The summed E-state index contributed by atoms with van der Waals surface area (Å²) >= 11 is 0. The lowest BCUT2D eigenvalue weighted by molar-refractivity contribution is 0.00572. The number of aliphatic hydroxyl groups excluding tert-OH is 1. The van der Waals surface area contributed by atoms with E-state index in [9.17, 15) is 0 Å². The zero-order valence-electron chi connectivity index (χ0n) is 5.28. The molecule has 52 valence electrons. The molecule has 0 aromatic carbocycles. The molecule has 0 saturated heterocycles. The molecule has 0 saturated carbocycles. The number of aliphatic hydroxyl groups is 1. The molecule has 1 N–H and O–H groups in total. The van der Waals surface area contributed by atoms with Crippen LogP contribution in [0, 0.1) is 0 Å². The molecular weight excluding hydrogens is 120 g/mol. The van der Waals surface area contributed by atoms with E-state index in [4.69, 9.17) is 14.6 Å². The lowest BCUT2D eigenvalue weighted by Crippen LogP contribution is -2.25. The molecule has 9 heavy (non-hydrogen) atoms. The first-order valence-corrected chi connectivity index (χ1v) is 2.83. The predicted molar refractivity (Wildman–Crippen MR) is 31.9 cm³/mol. The van der Waals surface area contributed by atoms with Gasteiger partial charge in [0.25, 0.3) is 0 Å². The number of hydrogen-bond donors (Lipinski definition) is 1. The standard InChI is InChI=1S/C6H10O3/c1-8-4-6-5(7)2-3-9-6/h2-3,5-7H,4H2,1H3. The lowest BCUT2D eigenvalue weighted by atomic mass is 10.2. The highest BCUT2D eigenvalue weighted by Gasteiger charge is 2.21. The fourth-order valence-corrected chi connectivity index (χ4v) is 0.733. The second-order valence-electron chi connectivity index (χ2n) is 1.95. The first-order chi connectivity index (χ1) is 4.34. The summed E-state index contributed by atoms with van der Waals surface area (Å²) in [5, 5.41) is 9.03. The van der Waals surface area contributed by atoms with E-state index in [1.54, 1.807) is 13.2 Å². The van der Waals surface area contributed by atoms with Gasteiger partial charge in [0, 0.05) is 7.11 Å². The van der Waals surface area contributed by atoms with E-state index in [1.165, 1.54) is 6.26 Å². The van der Waals surface area contributed by atoms with Crippen LogP contribution in [-0.4, -0.2) is 31.0 Å². The van der Waals surface area contributed by atoms with E-state index in [1.807, 2.05) is 0 Å². The first-order valence-electron chi connectivity index (χ1n) is 2.83. The minimum atomic E-state index is -0.495. The van der Waals surface area contributed by atoms with Gasteiger partial charge in [-0.1, -0.05) is 0 Å². The van der Waals surface area contributed by atoms with Crippen molar-refractivity contribution in [2.45, 2.75) is 12.2 Å². The van der Waals surface area contributed by atoms with Crippen molar-refractivity contribution in [2.24, 2.45) is 0 Å². The summed E-state index contributed by atoms with van der Waals surface area (Å²) in [5.74, 6) is 0. The molecule has 0 aromatic heterocycles. The Morgan fingerprint density at radius 2 is 2.56 bits per heavy atom. The highest BCUT2D eigenvalue weighted by molar-refractivity contribution is 4.95. The summed E-state index contributed by atoms with van der Waals surface area (Å²) in [6.07, 6.45) is 2.40. The van der Waals surface area contributed by atoms with Crippen LogP contribution in [0.25, 0.3) is 0 Å². The molecule has 1 heterocycles. The molecule has 3 nitrogen and oxygen atoms in total. The molecule has 0 radical (unpaired) electrons. The molecule has 2 atom stereocenters. The third-order valence-corrected chi connectivity index (χ3v) is 1.24. The highest BCUT2D eigenvalue weighted by Crippen LogP contribution is 2.09. The summed E-state index contributed by atoms with van der Waals surface area (Å²) in [6.45, 7) is 0.439. The van der Waals surface area contributed by atoms with Crippen molar-refractivity contribution in [3.8, 4) is 0 Å². The van der Waals surface area contributed by atoms with Gasteiger partial charge in [-0.25, -0.2) is 0 Å². The molecule has 0 spiro atoms. The third kappa shape index (κ3) is 1.43. The van der Waals surface area contributed by atoms with Gasteiger partial charge in [0.15, 0.2) is 6.10 Å². The Kier molecular flexibility index (Phi) is 2.08. The SMILES string of the molecule is COCC1OC=CC1O. The van der Waals surface area contributed by atoms with Gasteiger partial charge in [0.1, 0.15) is 6.10 Å². The van der Waals surface area contributed by atoms with Gasteiger partial charge < -0.3 is 14.6 Å². The average molecular weight is 130 g/mol. The van der Waals surface area contributed by atoms with Crippen molar-refractivity contribution in [3.05, 3.63) is 12.3 Å². The van der Waals surface area contributed by atoms with Crippen LogP contribution >= 0.6 is 0 Å². The van der Waals surface area contributed by atoms with E-state index >= 15 is 0 Å². The molecular formula is C6H10O3. The monoisotopic (exact) mass is 130 g/mol. The van der Waals surface area contributed by atoms with Gasteiger partial charge >= 0.3 is 0 Å². The molecule has 0 aromatic rings. The van der Waals surface area contributed by atoms with Crippen LogP contribution in [0.15, 0.2) is 12.3 Å². The Balaban J connectivity index is 2.28. The van der Waals surface area contributed by atoms with Crippen LogP contribution in [0.4, 0.5) is 0 Å². The van der Waals surface area contributed by atoms with Gasteiger partial charge in [-0.15, -0.1) is 0 Å². The molecule has 0 aliphatic carbocycles. The third-order valence-electron chi connectivity index (χ3n) is 1.24. The Hall–Kier alpha value is -0.540. The van der Waals surface area contributed by atoms with Gasteiger partial charge in [-0.3, -0.25) is 0 Å². The smallest absolute Gasteiger partial charge is 0.150 e. The molecule has 0 fully saturated rings. The van der Waals surface area contributed by atoms with Crippen molar-refractivity contribution < 1.29 is 14.6 Å². The summed E-state index contributed by atoms with van der Waals surface area (Å²) in [4.78, 5) is 0. The Morgan fingerprint density at radius 1 is 1.78 bits per heavy atom. The van der Waals surface area contributed by atoms with Crippen LogP contribution in [0.3, 0.4) is 0 Å². The van der Waals surface area contributed by atoms with Gasteiger partial charge in [-0.05, 0) is 6.08 Å². The fraction of sp³-hybridized carbons (Fsp3) is 0.667. The van der Waals surface area contributed by atoms with Crippen LogP contribution < -0.4 is 0 Å². The maximum Gasteiger partial charge on any atom is 0.150 e. The number of methoxy groups -OCH3 is 1. The molecule has 3 heteroatoms. The van der Waals surface area contributed by atoms with Crippen LogP contribution in [0.2, 0.25) is 0 Å². The van der Waals surface area contributed by atoms with Crippen LogP contribution in [0.5, 0.6) is 0 Å². The minimum absolute atomic E-state index is 0.199. The van der Waals surface area contributed by atoms with E-state index in [0.717, 1.165) is 0 Å². The van der Waals surface area contributed by atoms with E-state index in [0.29, 0.717) is 6.61 Å². The number of rotatable bonds is 2. The molecule has 1 rings (SSSR count). The Bertz CT molecular complexity index is 111. The minimum Gasteiger partial charge on any atom is -0.493 e. The highest BCUT2D eigenvalue weighted by atomic mass is 16.5. The summed E-state index contributed by atoms with van der Waals surface area (Å²) in [5.41, 5.74) is 0. The fourth-order valence-electron chi connectivity index (χ4n) is 0.733. The van der Waals surface area contributed by atoms with Crippen molar-refractivity contribution in [3.63, 3.8) is 0 Å². The molecule has 0 amide bonds. The maximum atomic E-state index is 9.03. The molecule has 1 aliphatic heterocycles. The van der Waals surface area contributed by atoms with Gasteiger partial charge in [0.2, 0.25) is 0 Å². The van der Waals surface area contributed by atoms with E-state index in [2.05, 4.69) is 0 Å². The largest absolute Gasteiger partial charge is 0.493 e. The first kappa shape index (κ1) is 6.58. The molecule has 2 unspecified atom stereocenters.